The van der Waals surface area contributed by atoms with E-state index in [9.17, 15) is 4.79 Å². The molecule has 6 heteroatoms. The molecule has 21 heavy (non-hydrogen) atoms. The highest BCUT2D eigenvalue weighted by Crippen LogP contribution is 2.16. The zero-order chi connectivity index (χ0) is 15.0. The molecule has 2 aromatic rings. The van der Waals surface area contributed by atoms with E-state index in [0.29, 0.717) is 0 Å². The number of nitrogens with zero attached hydrogens (tertiary/aromatic N) is 2. The maximum Gasteiger partial charge on any atom is 0.220 e. The van der Waals surface area contributed by atoms with Gasteiger partial charge < -0.3 is 15.2 Å². The standard InChI is InChI=1S/C15H20N4OS/c1-17-12-4-2-3-5-13(12)19(15(17)21)10-18-8-6-11(7-9-18)14(16)20/h2-5,11H,6-10H2,1H3,(H2,16,20)/p+1. The van der Waals surface area contributed by atoms with Gasteiger partial charge in [0, 0.05) is 25.8 Å². The zero-order valence-electron chi connectivity index (χ0n) is 12.2. The molecule has 1 aliphatic heterocycles. The Morgan fingerprint density at radius 1 is 1.33 bits per heavy atom. The van der Waals surface area contributed by atoms with Gasteiger partial charge in [0.15, 0.2) is 11.4 Å². The van der Waals surface area contributed by atoms with E-state index in [-0.39, 0.29) is 11.8 Å². The number of fused-ring (bicyclic) bond motifs is 1. The van der Waals surface area contributed by atoms with Gasteiger partial charge in [-0.15, -0.1) is 0 Å². The summed E-state index contributed by atoms with van der Waals surface area (Å²) in [5.41, 5.74) is 7.73. The molecule has 1 fully saturated rings. The molecular formula is C15H21N4OS+. The normalized spacial score (nSPS) is 22.5. The first-order valence-corrected chi connectivity index (χ1v) is 7.76. The number of primary amides is 1. The molecule has 1 amide bonds. The summed E-state index contributed by atoms with van der Waals surface area (Å²) in [6, 6.07) is 8.28. The number of aromatic nitrogens is 2. The molecule has 0 radical (unpaired) electrons. The minimum Gasteiger partial charge on any atom is -0.369 e. The van der Waals surface area contributed by atoms with E-state index in [0.717, 1.165) is 42.9 Å². The first-order valence-electron chi connectivity index (χ1n) is 7.35. The lowest BCUT2D eigenvalue weighted by molar-refractivity contribution is -0.928. The van der Waals surface area contributed by atoms with Crippen LogP contribution in [0, 0.1) is 10.7 Å². The second-order valence-electron chi connectivity index (χ2n) is 5.84. The Morgan fingerprint density at radius 3 is 2.57 bits per heavy atom. The molecule has 5 nitrogen and oxygen atoms in total. The van der Waals surface area contributed by atoms with Crippen LogP contribution in [0.3, 0.4) is 0 Å². The van der Waals surface area contributed by atoms with Gasteiger partial charge in [-0.25, -0.2) is 0 Å². The van der Waals surface area contributed by atoms with Crippen LogP contribution in [0.15, 0.2) is 24.3 Å². The van der Waals surface area contributed by atoms with Gasteiger partial charge in [0.25, 0.3) is 0 Å². The van der Waals surface area contributed by atoms with Gasteiger partial charge in [-0.3, -0.25) is 9.36 Å². The molecule has 2 heterocycles. The molecule has 3 rings (SSSR count). The number of aryl methyl sites for hydroxylation is 1. The Labute approximate surface area is 128 Å². The van der Waals surface area contributed by atoms with Crippen LogP contribution in [0.4, 0.5) is 0 Å². The van der Waals surface area contributed by atoms with E-state index in [2.05, 4.69) is 21.3 Å². The molecule has 0 bridgehead atoms. The largest absolute Gasteiger partial charge is 0.369 e. The van der Waals surface area contributed by atoms with E-state index in [4.69, 9.17) is 18.0 Å². The lowest BCUT2D eigenvalue weighted by atomic mass is 9.97. The van der Waals surface area contributed by atoms with Gasteiger partial charge in [0.05, 0.1) is 24.1 Å². The Morgan fingerprint density at radius 2 is 1.95 bits per heavy atom. The fraction of sp³-hybridized carbons (Fsp3) is 0.467. The number of carbonyl (C=O) groups is 1. The maximum atomic E-state index is 11.2. The monoisotopic (exact) mass is 305 g/mol. The summed E-state index contributed by atoms with van der Waals surface area (Å²) in [4.78, 5) is 12.7. The maximum absolute atomic E-state index is 11.2. The third kappa shape index (κ3) is 2.61. The zero-order valence-corrected chi connectivity index (χ0v) is 13.0. The highest BCUT2D eigenvalue weighted by atomic mass is 32.1. The van der Waals surface area contributed by atoms with Crippen molar-refractivity contribution in [2.24, 2.45) is 18.7 Å². The van der Waals surface area contributed by atoms with Gasteiger partial charge in [0.2, 0.25) is 5.91 Å². The van der Waals surface area contributed by atoms with Crippen molar-refractivity contribution in [3.8, 4) is 0 Å². The molecule has 1 aromatic heterocycles. The minimum atomic E-state index is -0.157. The molecule has 112 valence electrons. The van der Waals surface area contributed by atoms with Gasteiger partial charge in [0.1, 0.15) is 0 Å². The Hall–Kier alpha value is -1.66. The number of nitrogens with one attached hydrogen (secondary N) is 1. The molecule has 1 saturated heterocycles. The highest BCUT2D eigenvalue weighted by molar-refractivity contribution is 7.71. The molecule has 1 aliphatic rings. The summed E-state index contributed by atoms with van der Waals surface area (Å²) in [7, 11) is 2.01. The summed E-state index contributed by atoms with van der Waals surface area (Å²) < 4.78 is 5.10. The van der Waals surface area contributed by atoms with Gasteiger partial charge >= 0.3 is 0 Å². The summed E-state index contributed by atoms with van der Waals surface area (Å²) >= 11 is 5.57. The van der Waals surface area contributed by atoms with Crippen molar-refractivity contribution in [2.45, 2.75) is 19.5 Å². The molecular weight excluding hydrogens is 284 g/mol. The summed E-state index contributed by atoms with van der Waals surface area (Å²) in [5, 5.41) is 0. The first kappa shape index (κ1) is 14.3. The van der Waals surface area contributed by atoms with Gasteiger partial charge in [-0.05, 0) is 24.4 Å². The van der Waals surface area contributed by atoms with Crippen LogP contribution in [0.2, 0.25) is 0 Å². The van der Waals surface area contributed by atoms with Crippen molar-refractivity contribution >= 4 is 29.2 Å². The fourth-order valence-corrected chi connectivity index (χ4v) is 3.47. The number of imidazole rings is 1. The van der Waals surface area contributed by atoms with Crippen molar-refractivity contribution in [3.63, 3.8) is 0 Å². The quantitative estimate of drug-likeness (QED) is 0.809. The van der Waals surface area contributed by atoms with Crippen molar-refractivity contribution in [3.05, 3.63) is 29.0 Å². The molecule has 0 spiro atoms. The SMILES string of the molecule is Cn1c(=S)n(C[NH+]2CCC(C(N)=O)CC2)c2ccccc21. The van der Waals surface area contributed by atoms with E-state index >= 15 is 0 Å². The predicted molar refractivity (Wildman–Crippen MR) is 84.4 cm³/mol. The molecule has 0 aliphatic carbocycles. The number of para-hydroxylation sites is 2. The van der Waals surface area contributed by atoms with Crippen LogP contribution in [-0.4, -0.2) is 28.1 Å². The number of hydrogen-bond donors (Lipinski definition) is 2. The molecule has 0 unspecified atom stereocenters. The molecule has 1 aromatic carbocycles. The van der Waals surface area contributed by atoms with Crippen molar-refractivity contribution < 1.29 is 9.69 Å². The second kappa shape index (κ2) is 5.61. The number of carbonyl (C=O) groups excluding carboxylic acids is 1. The minimum absolute atomic E-state index is 0.0502. The lowest BCUT2D eigenvalue weighted by Crippen LogP contribution is -3.12. The number of benzene rings is 1. The number of nitrogens with two attached hydrogens (primary N) is 1. The van der Waals surface area contributed by atoms with Crippen LogP contribution in [0.5, 0.6) is 0 Å². The number of likely N-dealkylation sites (tertiary alicyclic amines) is 1. The Balaban J connectivity index is 1.82. The smallest absolute Gasteiger partial charge is 0.220 e. The average molecular weight is 305 g/mol. The number of amides is 1. The van der Waals surface area contributed by atoms with Crippen LogP contribution >= 0.6 is 12.2 Å². The third-order valence-electron chi connectivity index (χ3n) is 4.53. The topological polar surface area (TPSA) is 57.4 Å². The predicted octanol–water partition coefficient (Wildman–Crippen LogP) is 0.447. The average Bonchev–Trinajstić information content (AvgIpc) is 2.73. The van der Waals surface area contributed by atoms with E-state index in [1.165, 1.54) is 10.4 Å². The summed E-state index contributed by atoms with van der Waals surface area (Å²) in [6.07, 6.45) is 1.76. The first-order chi connectivity index (χ1) is 10.1. The fourth-order valence-electron chi connectivity index (χ4n) is 3.21. The second-order valence-corrected chi connectivity index (χ2v) is 6.21. The number of piperidine rings is 1. The number of quaternary nitrogens is 1. The molecule has 0 saturated carbocycles. The molecule has 0 atom stereocenters. The van der Waals surface area contributed by atoms with Crippen molar-refractivity contribution in [1.29, 1.82) is 0 Å². The summed E-state index contributed by atoms with van der Waals surface area (Å²) in [6.45, 7) is 2.79. The Bertz CT molecular complexity index is 725. The van der Waals surface area contributed by atoms with Crippen LogP contribution in [0.25, 0.3) is 11.0 Å². The van der Waals surface area contributed by atoms with Crippen LogP contribution < -0.4 is 10.6 Å². The summed E-state index contributed by atoms with van der Waals surface area (Å²) in [5.74, 6) is -0.106. The highest BCUT2D eigenvalue weighted by Gasteiger charge is 2.26. The number of rotatable bonds is 3. The van der Waals surface area contributed by atoms with Crippen molar-refractivity contribution in [2.75, 3.05) is 13.1 Å². The van der Waals surface area contributed by atoms with Crippen LogP contribution in [-0.2, 0) is 18.5 Å². The lowest BCUT2D eigenvalue weighted by Gasteiger charge is -2.27. The van der Waals surface area contributed by atoms with E-state index < -0.39 is 0 Å². The van der Waals surface area contributed by atoms with E-state index in [1.54, 1.807) is 0 Å². The Kier molecular flexibility index (Phi) is 3.82. The van der Waals surface area contributed by atoms with Crippen molar-refractivity contribution in [1.82, 2.24) is 9.13 Å². The molecule has 3 N–H and O–H groups in total. The number of hydrogen-bond acceptors (Lipinski definition) is 2. The van der Waals surface area contributed by atoms with Gasteiger partial charge in [-0.2, -0.15) is 0 Å². The van der Waals surface area contributed by atoms with Crippen LogP contribution in [0.1, 0.15) is 12.8 Å². The van der Waals surface area contributed by atoms with E-state index in [1.807, 2.05) is 19.2 Å². The third-order valence-corrected chi connectivity index (χ3v) is 5.02. The van der Waals surface area contributed by atoms with Gasteiger partial charge in [-0.1, -0.05) is 12.1 Å².